The van der Waals surface area contributed by atoms with Crippen LogP contribution in [0.3, 0.4) is 0 Å². The van der Waals surface area contributed by atoms with E-state index in [-0.39, 0.29) is 35.2 Å². The average molecular weight is 817 g/mol. The molecule has 0 aliphatic carbocycles. The number of nitrogens with zero attached hydrogens (tertiary/aromatic N) is 4. The van der Waals surface area contributed by atoms with Crippen LogP contribution in [0.25, 0.3) is 11.0 Å². The smallest absolute Gasteiger partial charge is 0.330 e. The SMILES string of the molecule is COc1ccc(N(C)C(=O)[C@H](Cc2ccccc2)NC(=O)Cn2c(=O)n(CC(=O)N[C@@H](Cc3ccccc3)C(=O)N(C)c3ccc(OC)cc3)c3c(Cl)cccc32)cc1. The summed E-state index contributed by atoms with van der Waals surface area (Å²) in [5.41, 5.74) is 2.68. The number of imidazole rings is 1. The number of amides is 4. The third-order valence-electron chi connectivity index (χ3n) is 10.0. The standard InChI is InChI=1S/C45H45ClN6O7/c1-49(32-18-22-34(58-3)23-19-32)43(55)37(26-30-12-7-5-8-13-30)47-40(53)28-51-39-17-11-16-36(46)42(39)52(45(51)57)29-41(54)48-38(27-31-14-9-6-10-15-31)44(56)50(2)33-20-24-35(59-4)25-21-33/h5-25,37-38H,26-29H2,1-4H3,(H,47,53)(H,48,54)/t37-,38-/m0/s1. The van der Waals surface area contributed by atoms with E-state index >= 15 is 0 Å². The van der Waals surface area contributed by atoms with E-state index in [1.54, 1.807) is 95.0 Å². The van der Waals surface area contributed by atoms with Gasteiger partial charge in [-0.3, -0.25) is 28.3 Å². The maximum Gasteiger partial charge on any atom is 0.330 e. The van der Waals surface area contributed by atoms with Gasteiger partial charge in [0, 0.05) is 38.3 Å². The summed E-state index contributed by atoms with van der Waals surface area (Å²) in [6.45, 7) is -0.975. The fourth-order valence-corrected chi connectivity index (χ4v) is 7.10. The van der Waals surface area contributed by atoms with E-state index in [0.29, 0.717) is 28.4 Å². The number of aromatic nitrogens is 2. The van der Waals surface area contributed by atoms with E-state index in [1.807, 2.05) is 60.7 Å². The average Bonchev–Trinajstić information content (AvgIpc) is 3.52. The molecule has 59 heavy (non-hydrogen) atoms. The number of likely N-dealkylation sites (N-methyl/N-ethyl adjacent to an activating group) is 2. The number of carbonyl (C=O) groups excluding carboxylic acids is 4. The lowest BCUT2D eigenvalue weighted by atomic mass is 10.0. The van der Waals surface area contributed by atoms with E-state index in [0.717, 1.165) is 11.1 Å². The fourth-order valence-electron chi connectivity index (χ4n) is 6.83. The minimum absolute atomic E-state index is 0.181. The van der Waals surface area contributed by atoms with Gasteiger partial charge in [0.2, 0.25) is 23.6 Å². The second-order valence-corrected chi connectivity index (χ2v) is 14.3. The molecule has 304 valence electrons. The number of halogens is 1. The van der Waals surface area contributed by atoms with Crippen molar-refractivity contribution >= 4 is 57.6 Å². The molecule has 0 aliphatic heterocycles. The molecule has 0 fully saturated rings. The van der Waals surface area contributed by atoms with Gasteiger partial charge in [-0.2, -0.15) is 0 Å². The molecule has 0 unspecified atom stereocenters. The first-order chi connectivity index (χ1) is 28.5. The molecule has 0 spiro atoms. The van der Waals surface area contributed by atoms with Crippen LogP contribution < -0.4 is 35.6 Å². The monoisotopic (exact) mass is 816 g/mol. The number of rotatable bonds is 16. The summed E-state index contributed by atoms with van der Waals surface area (Å²) in [5.74, 6) is -0.731. The molecule has 0 radical (unpaired) electrons. The van der Waals surface area contributed by atoms with Crippen molar-refractivity contribution in [1.29, 1.82) is 0 Å². The van der Waals surface area contributed by atoms with Crippen molar-refractivity contribution in [2.24, 2.45) is 0 Å². The summed E-state index contributed by atoms with van der Waals surface area (Å²) in [5, 5.41) is 5.88. The van der Waals surface area contributed by atoms with Crippen LogP contribution in [0.15, 0.2) is 132 Å². The molecule has 6 rings (SSSR count). The zero-order valence-electron chi connectivity index (χ0n) is 33.1. The molecule has 1 aromatic heterocycles. The second kappa shape index (κ2) is 19.1. The Balaban J connectivity index is 1.24. The number of anilines is 2. The number of carbonyl (C=O) groups is 4. The number of nitrogens with one attached hydrogen (secondary N) is 2. The summed E-state index contributed by atoms with van der Waals surface area (Å²) < 4.78 is 12.9. The Morgan fingerprint density at radius 2 is 1.02 bits per heavy atom. The maximum absolute atomic E-state index is 14.2. The van der Waals surface area contributed by atoms with Gasteiger partial charge in [0.05, 0.1) is 30.3 Å². The Bertz CT molecular complexity index is 2470. The first kappa shape index (κ1) is 41.8. The highest BCUT2D eigenvalue weighted by molar-refractivity contribution is 6.35. The van der Waals surface area contributed by atoms with Crippen LogP contribution in [0, 0.1) is 0 Å². The Hall–Kier alpha value is -6.86. The summed E-state index contributed by atoms with van der Waals surface area (Å²) in [4.78, 5) is 72.7. The highest BCUT2D eigenvalue weighted by Crippen LogP contribution is 2.24. The lowest BCUT2D eigenvalue weighted by Crippen LogP contribution is -2.50. The van der Waals surface area contributed by atoms with Gasteiger partial charge in [-0.25, -0.2) is 4.79 Å². The normalized spacial score (nSPS) is 11.9. The highest BCUT2D eigenvalue weighted by atomic mass is 35.5. The molecular formula is C45H45ClN6O7. The van der Waals surface area contributed by atoms with Crippen molar-refractivity contribution in [3.05, 3.63) is 154 Å². The molecule has 2 N–H and O–H groups in total. The van der Waals surface area contributed by atoms with Crippen LogP contribution in [0.5, 0.6) is 11.5 Å². The molecule has 0 aliphatic rings. The maximum atomic E-state index is 14.2. The van der Waals surface area contributed by atoms with E-state index in [1.165, 1.54) is 18.9 Å². The minimum atomic E-state index is -1.00. The van der Waals surface area contributed by atoms with Crippen molar-refractivity contribution in [3.8, 4) is 11.5 Å². The Morgan fingerprint density at radius 3 is 1.44 bits per heavy atom. The van der Waals surface area contributed by atoms with Crippen LogP contribution >= 0.6 is 11.6 Å². The molecule has 0 bridgehead atoms. The van der Waals surface area contributed by atoms with Crippen LogP contribution in [-0.2, 0) is 45.1 Å². The molecule has 6 aromatic rings. The van der Waals surface area contributed by atoms with Crippen LogP contribution in [-0.4, -0.2) is 73.2 Å². The predicted molar refractivity (Wildman–Crippen MR) is 228 cm³/mol. The summed E-state index contributed by atoms with van der Waals surface area (Å²) in [7, 11) is 6.34. The quantitative estimate of drug-likeness (QED) is 0.136. The Morgan fingerprint density at radius 1 is 0.593 bits per heavy atom. The van der Waals surface area contributed by atoms with Crippen LogP contribution in [0.2, 0.25) is 5.02 Å². The molecule has 4 amide bonds. The number of methoxy groups -OCH3 is 2. The fraction of sp³-hybridized carbons (Fsp3) is 0.222. The molecule has 0 saturated heterocycles. The van der Waals surface area contributed by atoms with Gasteiger partial charge in [0.25, 0.3) is 0 Å². The van der Waals surface area contributed by atoms with Gasteiger partial charge in [-0.15, -0.1) is 0 Å². The van der Waals surface area contributed by atoms with Crippen molar-refractivity contribution in [3.63, 3.8) is 0 Å². The Labute approximate surface area is 346 Å². The summed E-state index contributed by atoms with van der Waals surface area (Å²) in [6, 6.07) is 35.3. The summed E-state index contributed by atoms with van der Waals surface area (Å²) >= 11 is 6.66. The third-order valence-corrected chi connectivity index (χ3v) is 10.3. The van der Waals surface area contributed by atoms with Gasteiger partial charge in [0.1, 0.15) is 36.7 Å². The lowest BCUT2D eigenvalue weighted by Gasteiger charge is -2.25. The number of hydrogen-bond donors (Lipinski definition) is 2. The lowest BCUT2D eigenvalue weighted by molar-refractivity contribution is -0.128. The Kier molecular flexibility index (Phi) is 13.5. The third kappa shape index (κ3) is 10.00. The van der Waals surface area contributed by atoms with E-state index < -0.39 is 42.7 Å². The molecule has 2 atom stereocenters. The zero-order chi connectivity index (χ0) is 42.1. The van der Waals surface area contributed by atoms with Crippen molar-refractivity contribution in [2.45, 2.75) is 38.0 Å². The van der Waals surface area contributed by atoms with E-state index in [9.17, 15) is 24.0 Å². The number of hydrogen-bond acceptors (Lipinski definition) is 7. The molecule has 13 nitrogen and oxygen atoms in total. The molecule has 14 heteroatoms. The topological polar surface area (TPSA) is 144 Å². The minimum Gasteiger partial charge on any atom is -0.497 e. The van der Waals surface area contributed by atoms with Gasteiger partial charge < -0.3 is 29.9 Å². The van der Waals surface area contributed by atoms with Gasteiger partial charge in [-0.1, -0.05) is 78.3 Å². The largest absolute Gasteiger partial charge is 0.497 e. The first-order valence-corrected chi connectivity index (χ1v) is 19.2. The molecule has 1 heterocycles. The van der Waals surface area contributed by atoms with Crippen molar-refractivity contribution in [2.75, 3.05) is 38.1 Å². The number of fused-ring (bicyclic) bond motifs is 1. The van der Waals surface area contributed by atoms with Crippen molar-refractivity contribution < 1.29 is 28.7 Å². The predicted octanol–water partition coefficient (Wildman–Crippen LogP) is 5.25. The number of benzene rings is 5. The molecule has 5 aromatic carbocycles. The van der Waals surface area contributed by atoms with Gasteiger partial charge >= 0.3 is 5.69 Å². The van der Waals surface area contributed by atoms with Crippen LogP contribution in [0.4, 0.5) is 11.4 Å². The van der Waals surface area contributed by atoms with Gasteiger partial charge in [0.15, 0.2) is 0 Å². The van der Waals surface area contributed by atoms with Gasteiger partial charge in [-0.05, 0) is 71.8 Å². The highest BCUT2D eigenvalue weighted by Gasteiger charge is 2.29. The van der Waals surface area contributed by atoms with Crippen LogP contribution in [0.1, 0.15) is 11.1 Å². The first-order valence-electron chi connectivity index (χ1n) is 18.8. The second-order valence-electron chi connectivity index (χ2n) is 13.9. The number of para-hydroxylation sites is 1. The summed E-state index contributed by atoms with van der Waals surface area (Å²) in [6.07, 6.45) is 0.366. The van der Waals surface area contributed by atoms with Crippen molar-refractivity contribution in [1.82, 2.24) is 19.8 Å². The molecule has 0 saturated carbocycles. The van der Waals surface area contributed by atoms with E-state index in [4.69, 9.17) is 21.1 Å². The zero-order valence-corrected chi connectivity index (χ0v) is 33.9. The van der Waals surface area contributed by atoms with E-state index in [2.05, 4.69) is 10.6 Å². The molecular weight excluding hydrogens is 772 g/mol. The number of ether oxygens (including phenoxy) is 2.